The van der Waals surface area contributed by atoms with E-state index in [1.807, 2.05) is 12.1 Å². The third-order valence-corrected chi connectivity index (χ3v) is 5.41. The van der Waals surface area contributed by atoms with Crippen LogP contribution in [-0.4, -0.2) is 34.3 Å². The molecule has 1 amide bonds. The van der Waals surface area contributed by atoms with Crippen LogP contribution < -0.4 is 19.5 Å². The lowest BCUT2D eigenvalue weighted by Gasteiger charge is -2.28. The van der Waals surface area contributed by atoms with E-state index in [-0.39, 0.29) is 11.8 Å². The summed E-state index contributed by atoms with van der Waals surface area (Å²) in [6, 6.07) is 9.41. The maximum Gasteiger partial charge on any atom is 0.229 e. The zero-order valence-electron chi connectivity index (χ0n) is 15.0. The van der Waals surface area contributed by atoms with Crippen molar-refractivity contribution in [1.82, 2.24) is 0 Å². The predicted octanol–water partition coefficient (Wildman–Crippen LogP) is 2.48. The number of rotatable bonds is 4. The maximum absolute atomic E-state index is 12.3. The summed E-state index contributed by atoms with van der Waals surface area (Å²) in [5.74, 6) is 1.05. The summed E-state index contributed by atoms with van der Waals surface area (Å²) in [5.41, 5.74) is 3.94. The summed E-state index contributed by atoms with van der Waals surface area (Å²) in [4.78, 5) is 12.3. The van der Waals surface area contributed by atoms with Gasteiger partial charge in [0.2, 0.25) is 15.9 Å². The average molecular weight is 388 g/mol. The second-order valence-electron chi connectivity index (χ2n) is 6.78. The molecule has 0 saturated heterocycles. The number of carbonyl (C=O) groups excluding carboxylic acids is 1. The second kappa shape index (κ2) is 6.45. The number of amides is 1. The van der Waals surface area contributed by atoms with Crippen LogP contribution in [0.25, 0.3) is 0 Å². The first-order valence-corrected chi connectivity index (χ1v) is 10.5. The molecule has 8 heteroatoms. The highest BCUT2D eigenvalue weighted by atomic mass is 32.2. The molecular formula is C19H20N2O5S. The Labute approximate surface area is 157 Å². The van der Waals surface area contributed by atoms with Crippen LogP contribution in [0.1, 0.15) is 29.0 Å². The lowest BCUT2D eigenvalue weighted by Crippen LogP contribution is -2.24. The van der Waals surface area contributed by atoms with Crippen LogP contribution in [0.3, 0.4) is 0 Å². The van der Waals surface area contributed by atoms with Crippen LogP contribution in [-0.2, 0) is 21.2 Å². The number of methoxy groups -OCH3 is 1. The highest BCUT2D eigenvalue weighted by molar-refractivity contribution is 7.92. The van der Waals surface area contributed by atoms with E-state index >= 15 is 0 Å². The molecule has 0 fully saturated rings. The van der Waals surface area contributed by atoms with Gasteiger partial charge in [0.05, 0.1) is 25.7 Å². The predicted molar refractivity (Wildman–Crippen MR) is 102 cm³/mol. The largest absolute Gasteiger partial charge is 0.495 e. The van der Waals surface area contributed by atoms with Crippen LogP contribution in [0.5, 0.6) is 11.5 Å². The Morgan fingerprint density at radius 3 is 2.81 bits per heavy atom. The normalized spacial score (nSPS) is 18.1. The molecule has 2 aliphatic rings. The van der Waals surface area contributed by atoms with Crippen molar-refractivity contribution in [3.8, 4) is 11.5 Å². The van der Waals surface area contributed by atoms with Gasteiger partial charge in [-0.15, -0.1) is 0 Å². The van der Waals surface area contributed by atoms with E-state index in [2.05, 4.69) is 16.1 Å². The van der Waals surface area contributed by atoms with Gasteiger partial charge in [0.1, 0.15) is 11.5 Å². The van der Waals surface area contributed by atoms with E-state index < -0.39 is 10.0 Å². The maximum atomic E-state index is 12.3. The molecule has 2 aliphatic heterocycles. The van der Waals surface area contributed by atoms with Crippen molar-refractivity contribution in [2.75, 3.05) is 30.0 Å². The third kappa shape index (κ3) is 3.44. The third-order valence-electron chi connectivity index (χ3n) is 4.82. The Kier molecular flexibility index (Phi) is 4.22. The highest BCUT2D eigenvalue weighted by Gasteiger charge is 2.29. The molecule has 0 bridgehead atoms. The van der Waals surface area contributed by atoms with Crippen molar-refractivity contribution >= 4 is 27.3 Å². The zero-order valence-corrected chi connectivity index (χ0v) is 15.9. The fraction of sp³-hybridized carbons (Fsp3) is 0.316. The van der Waals surface area contributed by atoms with E-state index in [1.54, 1.807) is 12.1 Å². The first kappa shape index (κ1) is 17.7. The van der Waals surface area contributed by atoms with E-state index in [0.29, 0.717) is 30.2 Å². The van der Waals surface area contributed by atoms with Crippen molar-refractivity contribution < 1.29 is 22.7 Å². The number of hydrogen-bond donors (Lipinski definition) is 2. The summed E-state index contributed by atoms with van der Waals surface area (Å²) >= 11 is 0. The SMILES string of the molecule is COc1cc2c(cc1NS(C)(=O)=O)NC(=O)CC2c1ccc2c(c1)CCO2. The minimum absolute atomic E-state index is 0.111. The summed E-state index contributed by atoms with van der Waals surface area (Å²) in [6.45, 7) is 0.675. The monoisotopic (exact) mass is 388 g/mol. The number of nitrogens with one attached hydrogen (secondary N) is 2. The Morgan fingerprint density at radius 2 is 2.07 bits per heavy atom. The van der Waals surface area contributed by atoms with Crippen molar-refractivity contribution in [3.05, 3.63) is 47.0 Å². The minimum Gasteiger partial charge on any atom is -0.495 e. The molecular weight excluding hydrogens is 368 g/mol. The minimum atomic E-state index is -3.48. The number of anilines is 2. The van der Waals surface area contributed by atoms with E-state index in [0.717, 1.165) is 35.1 Å². The highest BCUT2D eigenvalue weighted by Crippen LogP contribution is 2.43. The van der Waals surface area contributed by atoms with Gasteiger partial charge in [-0.1, -0.05) is 12.1 Å². The average Bonchev–Trinajstić information content (AvgIpc) is 3.06. The first-order valence-electron chi connectivity index (χ1n) is 8.59. The topological polar surface area (TPSA) is 93.7 Å². The number of carbonyl (C=O) groups is 1. The fourth-order valence-corrected chi connectivity index (χ4v) is 4.22. The van der Waals surface area contributed by atoms with E-state index in [9.17, 15) is 13.2 Å². The molecule has 1 unspecified atom stereocenters. The molecule has 2 aromatic rings. The van der Waals surface area contributed by atoms with Crippen molar-refractivity contribution in [1.29, 1.82) is 0 Å². The summed E-state index contributed by atoms with van der Waals surface area (Å²) < 4.78 is 36.6. The number of benzene rings is 2. The molecule has 27 heavy (non-hydrogen) atoms. The zero-order chi connectivity index (χ0) is 19.2. The Hall–Kier alpha value is -2.74. The molecule has 0 aliphatic carbocycles. The smallest absolute Gasteiger partial charge is 0.229 e. The van der Waals surface area contributed by atoms with E-state index in [1.165, 1.54) is 7.11 Å². The molecule has 2 heterocycles. The van der Waals surface area contributed by atoms with Crippen LogP contribution in [0.15, 0.2) is 30.3 Å². The Balaban J connectivity index is 1.80. The fourth-order valence-electron chi connectivity index (χ4n) is 3.66. The molecule has 0 saturated carbocycles. The quantitative estimate of drug-likeness (QED) is 0.839. The second-order valence-corrected chi connectivity index (χ2v) is 8.53. The van der Waals surface area contributed by atoms with Gasteiger partial charge >= 0.3 is 0 Å². The Morgan fingerprint density at radius 1 is 1.26 bits per heavy atom. The first-order chi connectivity index (χ1) is 12.8. The molecule has 0 spiro atoms. The van der Waals surface area contributed by atoms with Crippen molar-refractivity contribution in [2.45, 2.75) is 18.8 Å². The van der Waals surface area contributed by atoms with Crippen LogP contribution in [0.2, 0.25) is 0 Å². The summed E-state index contributed by atoms with van der Waals surface area (Å²) in [5, 5.41) is 2.84. The van der Waals surface area contributed by atoms with Crippen molar-refractivity contribution in [3.63, 3.8) is 0 Å². The van der Waals surface area contributed by atoms with Gasteiger partial charge in [0.25, 0.3) is 0 Å². The molecule has 4 rings (SSSR count). The molecule has 142 valence electrons. The molecule has 1 atom stereocenters. The van der Waals surface area contributed by atoms with Gasteiger partial charge in [0.15, 0.2) is 0 Å². The van der Waals surface area contributed by atoms with Crippen molar-refractivity contribution in [2.24, 2.45) is 0 Å². The van der Waals surface area contributed by atoms with Crippen LogP contribution in [0.4, 0.5) is 11.4 Å². The standard InChI is InChI=1S/C19H20N2O5S/c1-25-18-8-14-13(11-3-4-17-12(7-11)5-6-26-17)9-19(22)20-15(14)10-16(18)21-27(2,23)24/h3-4,7-8,10,13,21H,5-6,9H2,1-2H3,(H,20,22). The number of hydrogen-bond acceptors (Lipinski definition) is 5. The van der Waals surface area contributed by atoms with Gasteiger partial charge in [-0.05, 0) is 34.9 Å². The van der Waals surface area contributed by atoms with Crippen LogP contribution >= 0.6 is 0 Å². The number of sulfonamides is 1. The lowest BCUT2D eigenvalue weighted by atomic mass is 9.83. The van der Waals surface area contributed by atoms with E-state index in [4.69, 9.17) is 9.47 Å². The molecule has 0 radical (unpaired) electrons. The lowest BCUT2D eigenvalue weighted by molar-refractivity contribution is -0.116. The molecule has 2 N–H and O–H groups in total. The summed E-state index contributed by atoms with van der Waals surface area (Å²) in [6.07, 6.45) is 2.24. The molecule has 2 aromatic carbocycles. The van der Waals surface area contributed by atoms with Gasteiger partial charge in [-0.2, -0.15) is 0 Å². The number of fused-ring (bicyclic) bond motifs is 2. The van der Waals surface area contributed by atoms with Gasteiger partial charge in [0, 0.05) is 24.4 Å². The summed E-state index contributed by atoms with van der Waals surface area (Å²) in [7, 11) is -1.99. The van der Waals surface area contributed by atoms with Crippen LogP contribution in [0, 0.1) is 0 Å². The molecule has 0 aromatic heterocycles. The number of ether oxygens (including phenoxy) is 2. The van der Waals surface area contributed by atoms with Gasteiger partial charge < -0.3 is 14.8 Å². The molecule has 7 nitrogen and oxygen atoms in total. The Bertz CT molecular complexity index is 1030. The van der Waals surface area contributed by atoms with Gasteiger partial charge in [-0.3, -0.25) is 9.52 Å². The van der Waals surface area contributed by atoms with Gasteiger partial charge in [-0.25, -0.2) is 8.42 Å².